The fourth-order valence-electron chi connectivity index (χ4n) is 2.23. The Morgan fingerprint density at radius 1 is 1.48 bits per heavy atom. The average Bonchev–Trinajstić information content (AvgIpc) is 2.48. The molecule has 0 saturated carbocycles. The second-order valence-electron chi connectivity index (χ2n) is 4.60. The van der Waals surface area contributed by atoms with Gasteiger partial charge in [0.05, 0.1) is 39.0 Å². The van der Waals surface area contributed by atoms with Gasteiger partial charge in [-0.1, -0.05) is 11.6 Å². The van der Waals surface area contributed by atoms with Crippen molar-refractivity contribution in [2.24, 2.45) is 0 Å². The Morgan fingerprint density at radius 2 is 2.19 bits per heavy atom. The minimum absolute atomic E-state index is 0.0402. The molecule has 1 aromatic heterocycles. The van der Waals surface area contributed by atoms with Crippen LogP contribution in [0, 0.1) is 0 Å². The summed E-state index contributed by atoms with van der Waals surface area (Å²) < 4.78 is 10.0. The van der Waals surface area contributed by atoms with E-state index < -0.39 is 5.97 Å². The number of hydrogen-bond acceptors (Lipinski definition) is 7. The van der Waals surface area contributed by atoms with Crippen molar-refractivity contribution in [1.29, 1.82) is 0 Å². The van der Waals surface area contributed by atoms with Gasteiger partial charge in [0, 0.05) is 0 Å². The number of anilines is 1. The molecule has 0 bridgehead atoms. The number of methoxy groups -OCH3 is 1. The SMILES string of the molecule is COC(=O)c1nc(Cl)nc(N2[C@H](CO)COC[C@@H]2C)c1Cl. The highest BCUT2D eigenvalue weighted by Gasteiger charge is 2.33. The van der Waals surface area contributed by atoms with Crippen molar-refractivity contribution in [2.45, 2.75) is 19.0 Å². The largest absolute Gasteiger partial charge is 0.464 e. The lowest BCUT2D eigenvalue weighted by molar-refractivity contribution is 0.0516. The molecule has 2 heterocycles. The average molecular weight is 336 g/mol. The molecule has 116 valence electrons. The summed E-state index contributed by atoms with van der Waals surface area (Å²) in [6.07, 6.45) is 0. The molecule has 0 spiro atoms. The predicted molar refractivity (Wildman–Crippen MR) is 77.0 cm³/mol. The normalized spacial score (nSPS) is 22.2. The highest BCUT2D eigenvalue weighted by Crippen LogP contribution is 2.32. The van der Waals surface area contributed by atoms with Gasteiger partial charge >= 0.3 is 5.97 Å². The molecule has 2 rings (SSSR count). The van der Waals surface area contributed by atoms with Gasteiger partial charge in [-0.05, 0) is 18.5 Å². The molecule has 9 heteroatoms. The highest BCUT2D eigenvalue weighted by molar-refractivity contribution is 6.36. The molecule has 7 nitrogen and oxygen atoms in total. The molecule has 1 aliphatic heterocycles. The first-order valence-electron chi connectivity index (χ1n) is 6.27. The number of nitrogens with zero attached hydrogens (tertiary/aromatic N) is 3. The van der Waals surface area contributed by atoms with Crippen LogP contribution in [0.25, 0.3) is 0 Å². The van der Waals surface area contributed by atoms with E-state index in [0.29, 0.717) is 13.2 Å². The van der Waals surface area contributed by atoms with Gasteiger partial charge in [-0.15, -0.1) is 0 Å². The first-order valence-corrected chi connectivity index (χ1v) is 7.03. The van der Waals surface area contributed by atoms with E-state index in [2.05, 4.69) is 14.7 Å². The number of aliphatic hydroxyl groups is 1. The van der Waals surface area contributed by atoms with Crippen LogP contribution in [0.15, 0.2) is 0 Å². The maximum Gasteiger partial charge on any atom is 0.358 e. The number of carbonyl (C=O) groups excluding carboxylic acids is 1. The van der Waals surface area contributed by atoms with Gasteiger partial charge in [0.1, 0.15) is 5.02 Å². The van der Waals surface area contributed by atoms with E-state index in [1.807, 2.05) is 6.92 Å². The number of ether oxygens (including phenoxy) is 2. The molecule has 0 aliphatic carbocycles. The summed E-state index contributed by atoms with van der Waals surface area (Å²) in [6, 6.07) is -0.424. The molecule has 1 aromatic rings. The number of aromatic nitrogens is 2. The number of morpholine rings is 1. The van der Waals surface area contributed by atoms with Crippen LogP contribution < -0.4 is 4.90 Å². The van der Waals surface area contributed by atoms with Crippen molar-refractivity contribution in [2.75, 3.05) is 31.8 Å². The Hall–Kier alpha value is -1.15. The summed E-state index contributed by atoms with van der Waals surface area (Å²) in [5.41, 5.74) is -0.107. The fourth-order valence-corrected chi connectivity index (χ4v) is 2.65. The molecule has 2 atom stereocenters. The van der Waals surface area contributed by atoms with Crippen molar-refractivity contribution in [3.63, 3.8) is 0 Å². The smallest absolute Gasteiger partial charge is 0.358 e. The second-order valence-corrected chi connectivity index (χ2v) is 5.32. The number of aliphatic hydroxyl groups excluding tert-OH is 1. The first-order chi connectivity index (χ1) is 9.99. The quantitative estimate of drug-likeness (QED) is 0.655. The van der Waals surface area contributed by atoms with Gasteiger partial charge in [-0.2, -0.15) is 4.98 Å². The topological polar surface area (TPSA) is 84.8 Å². The molecule has 0 aromatic carbocycles. The minimum atomic E-state index is -0.702. The monoisotopic (exact) mass is 335 g/mol. The summed E-state index contributed by atoms with van der Waals surface area (Å²) in [6.45, 7) is 2.52. The Bertz CT molecular complexity index is 543. The van der Waals surface area contributed by atoms with Gasteiger partial charge in [-0.25, -0.2) is 9.78 Å². The molecule has 1 saturated heterocycles. The Kier molecular flexibility index (Phi) is 5.21. The molecular weight excluding hydrogens is 321 g/mol. The van der Waals surface area contributed by atoms with Crippen LogP contribution in [0.4, 0.5) is 5.82 Å². The molecule has 1 N–H and O–H groups in total. The van der Waals surface area contributed by atoms with Crippen molar-refractivity contribution in [3.05, 3.63) is 16.0 Å². The maximum absolute atomic E-state index is 11.7. The Labute approximate surface area is 131 Å². The number of esters is 1. The van der Waals surface area contributed by atoms with Crippen LogP contribution in [0.1, 0.15) is 17.4 Å². The van der Waals surface area contributed by atoms with Gasteiger partial charge in [0.2, 0.25) is 5.28 Å². The summed E-state index contributed by atoms with van der Waals surface area (Å²) in [5.74, 6) is -0.418. The lowest BCUT2D eigenvalue weighted by Gasteiger charge is -2.40. The summed E-state index contributed by atoms with van der Waals surface area (Å²) >= 11 is 12.1. The van der Waals surface area contributed by atoms with Gasteiger partial charge in [0.25, 0.3) is 0 Å². The third-order valence-corrected chi connectivity index (χ3v) is 3.70. The van der Waals surface area contributed by atoms with E-state index in [1.165, 1.54) is 7.11 Å². The molecule has 0 unspecified atom stereocenters. The number of halogens is 2. The number of rotatable bonds is 3. The summed E-state index contributed by atoms with van der Waals surface area (Å²) in [4.78, 5) is 21.4. The number of carbonyl (C=O) groups is 1. The van der Waals surface area contributed by atoms with E-state index in [9.17, 15) is 9.90 Å². The molecular formula is C12H15Cl2N3O4. The van der Waals surface area contributed by atoms with Crippen molar-refractivity contribution in [1.82, 2.24) is 9.97 Å². The van der Waals surface area contributed by atoms with Gasteiger partial charge in [-0.3, -0.25) is 0 Å². The molecule has 1 fully saturated rings. The fraction of sp³-hybridized carbons (Fsp3) is 0.583. The maximum atomic E-state index is 11.7. The van der Waals surface area contributed by atoms with Gasteiger partial charge < -0.3 is 19.5 Å². The molecule has 0 amide bonds. The van der Waals surface area contributed by atoms with Crippen molar-refractivity contribution < 1.29 is 19.4 Å². The minimum Gasteiger partial charge on any atom is -0.464 e. The summed E-state index contributed by atoms with van der Waals surface area (Å²) in [7, 11) is 1.22. The Morgan fingerprint density at radius 3 is 2.81 bits per heavy atom. The third-order valence-electron chi connectivity index (χ3n) is 3.18. The lowest BCUT2D eigenvalue weighted by Crippen LogP contribution is -2.53. The molecule has 21 heavy (non-hydrogen) atoms. The van der Waals surface area contributed by atoms with Crippen LogP contribution in [0.5, 0.6) is 0 Å². The van der Waals surface area contributed by atoms with E-state index in [-0.39, 0.29) is 40.5 Å². The van der Waals surface area contributed by atoms with Gasteiger partial charge in [0.15, 0.2) is 11.5 Å². The van der Waals surface area contributed by atoms with Crippen LogP contribution in [-0.2, 0) is 9.47 Å². The van der Waals surface area contributed by atoms with Crippen LogP contribution >= 0.6 is 23.2 Å². The van der Waals surface area contributed by atoms with Crippen LogP contribution in [-0.4, -0.2) is 60.1 Å². The lowest BCUT2D eigenvalue weighted by atomic mass is 10.1. The third kappa shape index (κ3) is 3.21. The zero-order chi connectivity index (χ0) is 15.6. The zero-order valence-electron chi connectivity index (χ0n) is 11.5. The molecule has 0 radical (unpaired) electrons. The van der Waals surface area contributed by atoms with E-state index in [0.717, 1.165) is 0 Å². The van der Waals surface area contributed by atoms with Crippen LogP contribution in [0.3, 0.4) is 0 Å². The van der Waals surface area contributed by atoms with Crippen molar-refractivity contribution >= 4 is 35.0 Å². The summed E-state index contributed by atoms with van der Waals surface area (Å²) in [5, 5.41) is 9.41. The van der Waals surface area contributed by atoms with E-state index in [1.54, 1.807) is 4.90 Å². The second kappa shape index (κ2) is 6.74. The number of hydrogen-bond donors (Lipinski definition) is 1. The standard InChI is InChI=1S/C12H15Cl2N3O4/c1-6-4-21-5-7(3-18)17(6)10-8(13)9(11(19)20-2)15-12(14)16-10/h6-7,18H,3-5H2,1-2H3/t6-,7+/m0/s1. The van der Waals surface area contributed by atoms with E-state index >= 15 is 0 Å². The van der Waals surface area contributed by atoms with E-state index in [4.69, 9.17) is 27.9 Å². The highest BCUT2D eigenvalue weighted by atomic mass is 35.5. The predicted octanol–water partition coefficient (Wildman–Crippen LogP) is 1.16. The zero-order valence-corrected chi connectivity index (χ0v) is 13.1. The molecule has 1 aliphatic rings. The Balaban J connectivity index is 2.51. The van der Waals surface area contributed by atoms with Crippen LogP contribution in [0.2, 0.25) is 10.3 Å². The van der Waals surface area contributed by atoms with Crippen molar-refractivity contribution in [3.8, 4) is 0 Å². The first kappa shape index (κ1) is 16.2.